The predicted octanol–water partition coefficient (Wildman–Crippen LogP) is 10.2. The van der Waals surface area contributed by atoms with Gasteiger partial charge in [-0.3, -0.25) is 0 Å². The molecule has 0 amide bonds. The van der Waals surface area contributed by atoms with Crippen molar-refractivity contribution >= 4 is 67.8 Å². The molecule has 0 aliphatic carbocycles. The Balaban J connectivity index is 0.000000215. The number of halogens is 3. The normalized spacial score (nSPS) is 10.2. The summed E-state index contributed by atoms with van der Waals surface area (Å²) < 4.78 is 3.87. The SMILES string of the molecule is CCC(=C(C#N)C#N)c1c(Cl)n(C)c2ccccc12.CCC(=C(C#N)C#N)c1c(Cl)n(Cc2ccc(Cl)cc2)c2ccccc12. The third-order valence-electron chi connectivity index (χ3n) is 7.56. The largest absolute Gasteiger partial charge is 0.334 e. The van der Waals surface area contributed by atoms with Gasteiger partial charge in [-0.15, -0.1) is 0 Å². The maximum Gasteiger partial charge on any atom is 0.133 e. The zero-order valence-electron chi connectivity index (χ0n) is 24.9. The number of fused-ring (bicyclic) bond motifs is 2. The highest BCUT2D eigenvalue weighted by Crippen LogP contribution is 2.39. The molecule has 0 aliphatic heterocycles. The smallest absolute Gasteiger partial charge is 0.133 e. The minimum atomic E-state index is 0.101. The maximum atomic E-state index is 9.33. The van der Waals surface area contributed by atoms with Gasteiger partial charge in [0.15, 0.2) is 0 Å². The highest BCUT2D eigenvalue weighted by atomic mass is 35.5. The molecule has 0 spiro atoms. The molecule has 0 radical (unpaired) electrons. The molecule has 0 saturated carbocycles. The Morgan fingerprint density at radius 1 is 0.622 bits per heavy atom. The minimum absolute atomic E-state index is 0.101. The van der Waals surface area contributed by atoms with Gasteiger partial charge < -0.3 is 9.13 Å². The van der Waals surface area contributed by atoms with Crippen molar-refractivity contribution in [3.8, 4) is 24.3 Å². The molecule has 0 aliphatic rings. The number of nitriles is 4. The lowest BCUT2D eigenvalue weighted by Crippen LogP contribution is -2.00. The first kappa shape index (κ1) is 33.0. The van der Waals surface area contributed by atoms with Crippen molar-refractivity contribution in [2.45, 2.75) is 33.2 Å². The number of benzene rings is 3. The molecular formula is C36H27Cl3N6. The summed E-state index contributed by atoms with van der Waals surface area (Å²) >= 11 is 19.1. The molecule has 5 aromatic rings. The molecule has 2 heterocycles. The van der Waals surface area contributed by atoms with Crippen molar-refractivity contribution in [1.82, 2.24) is 9.13 Å². The number of para-hydroxylation sites is 2. The van der Waals surface area contributed by atoms with Crippen LogP contribution < -0.4 is 0 Å². The molecule has 5 rings (SSSR count). The van der Waals surface area contributed by atoms with Gasteiger partial charge in [0.1, 0.15) is 45.7 Å². The highest BCUT2D eigenvalue weighted by Gasteiger charge is 2.21. The van der Waals surface area contributed by atoms with Gasteiger partial charge in [0.25, 0.3) is 0 Å². The summed E-state index contributed by atoms with van der Waals surface area (Å²) in [7, 11) is 1.87. The molecular weight excluding hydrogens is 623 g/mol. The summed E-state index contributed by atoms with van der Waals surface area (Å²) in [6, 6.07) is 31.1. The van der Waals surface area contributed by atoms with Crippen LogP contribution in [0.3, 0.4) is 0 Å². The molecule has 45 heavy (non-hydrogen) atoms. The summed E-state index contributed by atoms with van der Waals surface area (Å²) in [6.45, 7) is 4.41. The van der Waals surface area contributed by atoms with Crippen LogP contribution in [-0.4, -0.2) is 9.13 Å². The van der Waals surface area contributed by atoms with Gasteiger partial charge in [0.05, 0.1) is 5.52 Å². The summed E-state index contributed by atoms with van der Waals surface area (Å²) in [4.78, 5) is 0. The molecule has 0 bridgehead atoms. The van der Waals surface area contributed by atoms with E-state index < -0.39 is 0 Å². The van der Waals surface area contributed by atoms with E-state index in [1.807, 2.05) is 127 Å². The van der Waals surface area contributed by atoms with Gasteiger partial charge >= 0.3 is 0 Å². The Morgan fingerprint density at radius 3 is 1.56 bits per heavy atom. The standard InChI is InChI=1S/C21H15Cl2N3.C15H12ClN3/c1-2-17(15(11-24)12-25)20-18-5-3-4-6-19(18)26(21(20)23)13-14-7-9-16(22)10-8-14;1-3-11(10(8-17)9-18)14-12-6-4-5-7-13(12)19(2)15(14)16/h3-10H,2,13H2,1H3;4-7H,3H2,1-2H3. The Bertz CT molecular complexity index is 2100. The van der Waals surface area contributed by atoms with Gasteiger partial charge in [0.2, 0.25) is 0 Å². The Morgan fingerprint density at radius 2 is 1.07 bits per heavy atom. The van der Waals surface area contributed by atoms with Crippen LogP contribution in [0.1, 0.15) is 43.4 Å². The molecule has 9 heteroatoms. The Labute approximate surface area is 277 Å². The third kappa shape index (κ3) is 6.47. The Kier molecular flexibility index (Phi) is 10.8. The van der Waals surface area contributed by atoms with Gasteiger partial charge in [-0.25, -0.2) is 0 Å². The number of rotatable bonds is 6. The van der Waals surface area contributed by atoms with Gasteiger partial charge in [0, 0.05) is 46.0 Å². The van der Waals surface area contributed by atoms with Crippen molar-refractivity contribution in [1.29, 1.82) is 21.0 Å². The van der Waals surface area contributed by atoms with Crippen LogP contribution in [0.4, 0.5) is 0 Å². The summed E-state index contributed by atoms with van der Waals surface area (Å²) in [5, 5.41) is 40.5. The van der Waals surface area contributed by atoms with Gasteiger partial charge in [-0.05, 0) is 53.8 Å². The van der Waals surface area contributed by atoms with E-state index in [0.717, 1.165) is 38.5 Å². The molecule has 0 unspecified atom stereocenters. The molecule has 6 nitrogen and oxygen atoms in total. The fourth-order valence-electron chi connectivity index (χ4n) is 5.41. The fourth-order valence-corrected chi connectivity index (χ4v) is 6.21. The summed E-state index contributed by atoms with van der Waals surface area (Å²) in [6.07, 6.45) is 1.13. The van der Waals surface area contributed by atoms with E-state index >= 15 is 0 Å². The first-order valence-electron chi connectivity index (χ1n) is 14.1. The van der Waals surface area contributed by atoms with Gasteiger partial charge in [-0.2, -0.15) is 21.0 Å². The minimum Gasteiger partial charge on any atom is -0.334 e. The number of hydrogen-bond acceptors (Lipinski definition) is 4. The Hall–Kier alpha value is -4.95. The maximum absolute atomic E-state index is 9.33. The number of aryl methyl sites for hydroxylation is 1. The molecule has 0 fully saturated rings. The van der Waals surface area contributed by atoms with Crippen LogP contribution in [0.15, 0.2) is 83.9 Å². The lowest BCUT2D eigenvalue weighted by atomic mass is 9.98. The average molecular weight is 650 g/mol. The van der Waals surface area contributed by atoms with Crippen molar-refractivity contribution in [2.24, 2.45) is 7.05 Å². The molecule has 2 aromatic heterocycles. The van der Waals surface area contributed by atoms with Crippen LogP contribution in [0.5, 0.6) is 0 Å². The molecule has 0 atom stereocenters. The monoisotopic (exact) mass is 648 g/mol. The molecule has 0 N–H and O–H groups in total. The fraction of sp³-hybridized carbons (Fsp3) is 0.167. The lowest BCUT2D eigenvalue weighted by molar-refractivity contribution is 0.836. The second-order valence-corrected chi connectivity index (χ2v) is 11.2. The van der Waals surface area contributed by atoms with E-state index in [1.54, 1.807) is 0 Å². The van der Waals surface area contributed by atoms with Gasteiger partial charge in [-0.1, -0.05) is 97.2 Å². The van der Waals surface area contributed by atoms with Crippen LogP contribution in [0, 0.1) is 45.3 Å². The lowest BCUT2D eigenvalue weighted by Gasteiger charge is -2.09. The zero-order chi connectivity index (χ0) is 32.7. The van der Waals surface area contributed by atoms with Crippen molar-refractivity contribution in [3.05, 3.63) is 116 Å². The molecule has 222 valence electrons. The first-order chi connectivity index (χ1) is 21.8. The van der Waals surface area contributed by atoms with E-state index in [9.17, 15) is 10.5 Å². The van der Waals surface area contributed by atoms with E-state index in [1.165, 1.54) is 0 Å². The summed E-state index contributed by atoms with van der Waals surface area (Å²) in [5.41, 5.74) is 6.17. The number of nitrogens with zero attached hydrogens (tertiary/aromatic N) is 6. The average Bonchev–Trinajstić information content (AvgIpc) is 3.48. The van der Waals surface area contributed by atoms with Crippen LogP contribution >= 0.6 is 34.8 Å². The van der Waals surface area contributed by atoms with Crippen LogP contribution in [-0.2, 0) is 13.6 Å². The predicted molar refractivity (Wildman–Crippen MR) is 182 cm³/mol. The number of allylic oxidation sites excluding steroid dienone is 4. The van der Waals surface area contributed by atoms with Crippen LogP contribution in [0.2, 0.25) is 15.3 Å². The van der Waals surface area contributed by atoms with E-state index in [4.69, 9.17) is 45.3 Å². The number of aromatic nitrogens is 2. The first-order valence-corrected chi connectivity index (χ1v) is 15.2. The number of hydrogen-bond donors (Lipinski definition) is 0. The topological polar surface area (TPSA) is 105 Å². The zero-order valence-corrected chi connectivity index (χ0v) is 27.1. The van der Waals surface area contributed by atoms with Crippen molar-refractivity contribution < 1.29 is 0 Å². The molecule has 3 aromatic carbocycles. The van der Waals surface area contributed by atoms with Crippen LogP contribution in [0.25, 0.3) is 33.0 Å². The van der Waals surface area contributed by atoms with Crippen molar-refractivity contribution in [3.63, 3.8) is 0 Å². The molecule has 0 saturated heterocycles. The highest BCUT2D eigenvalue weighted by molar-refractivity contribution is 6.34. The van der Waals surface area contributed by atoms with E-state index in [-0.39, 0.29) is 11.1 Å². The van der Waals surface area contributed by atoms with Crippen molar-refractivity contribution in [2.75, 3.05) is 0 Å². The third-order valence-corrected chi connectivity index (χ3v) is 8.65. The van der Waals surface area contributed by atoms with E-state index in [2.05, 4.69) is 0 Å². The second kappa shape index (κ2) is 14.7. The quantitative estimate of drug-likeness (QED) is 0.171. The second-order valence-electron chi connectivity index (χ2n) is 10.00. The summed E-state index contributed by atoms with van der Waals surface area (Å²) in [5.74, 6) is 0. The van der Waals surface area contributed by atoms with E-state index in [0.29, 0.717) is 45.9 Å².